The Kier molecular flexibility index (Phi) is 4.20. The molecule has 1 fully saturated rings. The van der Waals surface area contributed by atoms with Crippen LogP contribution < -0.4 is 0 Å². The van der Waals surface area contributed by atoms with E-state index in [4.69, 9.17) is 0 Å². The van der Waals surface area contributed by atoms with Crippen LogP contribution >= 0.6 is 15.9 Å². The fourth-order valence-electron chi connectivity index (χ4n) is 3.37. The van der Waals surface area contributed by atoms with E-state index in [0.29, 0.717) is 12.2 Å². The lowest BCUT2D eigenvalue weighted by Gasteiger charge is -2.28. The van der Waals surface area contributed by atoms with Gasteiger partial charge in [-0.3, -0.25) is 9.78 Å². The Bertz CT molecular complexity index is 633. The van der Waals surface area contributed by atoms with Crippen molar-refractivity contribution >= 4 is 21.7 Å². The zero-order valence-electron chi connectivity index (χ0n) is 11.9. The first-order valence-corrected chi connectivity index (χ1v) is 8.18. The lowest BCUT2D eigenvalue weighted by atomic mass is 9.73. The molecule has 2 nitrogen and oxygen atoms in total. The van der Waals surface area contributed by atoms with Crippen molar-refractivity contribution in [3.63, 3.8) is 0 Å². The van der Waals surface area contributed by atoms with Crippen LogP contribution in [-0.2, 0) is 16.6 Å². The standard InChI is InChI=1S/C18H18BrNO/c19-16-10-14(12-20-13-16)11-17(21)18(8-4-5-9-18)15-6-2-1-3-7-15/h1-3,6-7,10,12-13H,4-5,8-9,11H2. The van der Waals surface area contributed by atoms with Crippen molar-refractivity contribution in [2.45, 2.75) is 37.5 Å². The summed E-state index contributed by atoms with van der Waals surface area (Å²) in [6.45, 7) is 0. The average Bonchev–Trinajstić information content (AvgIpc) is 2.99. The highest BCUT2D eigenvalue weighted by atomic mass is 79.9. The van der Waals surface area contributed by atoms with Gasteiger partial charge < -0.3 is 0 Å². The Morgan fingerprint density at radius 3 is 2.52 bits per heavy atom. The van der Waals surface area contributed by atoms with E-state index in [1.165, 1.54) is 5.56 Å². The van der Waals surface area contributed by atoms with Gasteiger partial charge in [-0.15, -0.1) is 0 Å². The van der Waals surface area contributed by atoms with E-state index in [-0.39, 0.29) is 5.41 Å². The van der Waals surface area contributed by atoms with Crippen LogP contribution in [0.15, 0.2) is 53.3 Å². The Hall–Kier alpha value is -1.48. The summed E-state index contributed by atoms with van der Waals surface area (Å²) in [6.07, 6.45) is 8.21. The minimum atomic E-state index is -0.288. The molecule has 0 unspecified atom stereocenters. The Morgan fingerprint density at radius 2 is 1.86 bits per heavy atom. The third-order valence-corrected chi connectivity index (χ3v) is 4.88. The molecule has 1 aromatic carbocycles. The third-order valence-electron chi connectivity index (χ3n) is 4.44. The highest BCUT2D eigenvalue weighted by Gasteiger charge is 2.41. The number of hydrogen-bond donors (Lipinski definition) is 0. The predicted molar refractivity (Wildman–Crippen MR) is 87.2 cm³/mol. The van der Waals surface area contributed by atoms with Gasteiger partial charge in [-0.1, -0.05) is 43.2 Å². The molecule has 0 aliphatic heterocycles. The van der Waals surface area contributed by atoms with Gasteiger partial charge in [0.1, 0.15) is 5.78 Å². The van der Waals surface area contributed by atoms with Gasteiger partial charge in [0.25, 0.3) is 0 Å². The van der Waals surface area contributed by atoms with Crippen molar-refractivity contribution in [2.24, 2.45) is 0 Å². The molecule has 1 aromatic heterocycles. The minimum Gasteiger partial charge on any atom is -0.298 e. The number of nitrogens with zero attached hydrogens (tertiary/aromatic N) is 1. The Labute approximate surface area is 133 Å². The van der Waals surface area contributed by atoms with Gasteiger partial charge >= 0.3 is 0 Å². The SMILES string of the molecule is O=C(Cc1cncc(Br)c1)C1(c2ccccc2)CCCC1. The Balaban J connectivity index is 1.89. The molecule has 0 saturated heterocycles. The summed E-state index contributed by atoms with van der Waals surface area (Å²) in [4.78, 5) is 17.2. The maximum absolute atomic E-state index is 13.0. The molecule has 1 aliphatic carbocycles. The summed E-state index contributed by atoms with van der Waals surface area (Å²) in [6, 6.07) is 12.3. The van der Waals surface area contributed by atoms with Crippen LogP contribution in [-0.4, -0.2) is 10.8 Å². The number of rotatable bonds is 4. The second-order valence-electron chi connectivity index (χ2n) is 5.77. The summed E-state index contributed by atoms with van der Waals surface area (Å²) in [5.74, 6) is 0.325. The van der Waals surface area contributed by atoms with Crippen LogP contribution in [0.25, 0.3) is 0 Å². The summed E-state index contributed by atoms with van der Waals surface area (Å²) >= 11 is 3.42. The van der Waals surface area contributed by atoms with Gasteiger partial charge in [0.2, 0.25) is 0 Å². The second-order valence-corrected chi connectivity index (χ2v) is 6.68. The number of halogens is 1. The normalized spacial score (nSPS) is 16.8. The first-order chi connectivity index (χ1) is 10.2. The second kappa shape index (κ2) is 6.10. The molecule has 0 spiro atoms. The molecule has 0 amide bonds. The van der Waals surface area contributed by atoms with Gasteiger partial charge in [-0.25, -0.2) is 0 Å². The molecule has 2 aromatic rings. The molecule has 0 radical (unpaired) electrons. The van der Waals surface area contributed by atoms with Crippen molar-refractivity contribution in [1.82, 2.24) is 4.98 Å². The number of pyridine rings is 1. The lowest BCUT2D eigenvalue weighted by molar-refractivity contribution is -0.123. The molecular weight excluding hydrogens is 326 g/mol. The summed E-state index contributed by atoms with van der Waals surface area (Å²) in [5, 5.41) is 0. The molecule has 0 N–H and O–H groups in total. The smallest absolute Gasteiger partial charge is 0.147 e. The number of carbonyl (C=O) groups is 1. The van der Waals surface area contributed by atoms with Gasteiger partial charge in [0, 0.05) is 23.3 Å². The lowest BCUT2D eigenvalue weighted by Crippen LogP contribution is -2.34. The molecule has 0 bridgehead atoms. The van der Waals surface area contributed by atoms with E-state index < -0.39 is 0 Å². The zero-order valence-corrected chi connectivity index (χ0v) is 13.5. The highest BCUT2D eigenvalue weighted by molar-refractivity contribution is 9.10. The van der Waals surface area contributed by atoms with Crippen molar-refractivity contribution in [2.75, 3.05) is 0 Å². The van der Waals surface area contributed by atoms with Gasteiger partial charge in [0.05, 0.1) is 5.41 Å². The van der Waals surface area contributed by atoms with Gasteiger partial charge in [0.15, 0.2) is 0 Å². The van der Waals surface area contributed by atoms with E-state index in [0.717, 1.165) is 35.7 Å². The number of benzene rings is 1. The fraction of sp³-hybridized carbons (Fsp3) is 0.333. The molecule has 1 heterocycles. The summed E-state index contributed by atoms with van der Waals surface area (Å²) in [7, 11) is 0. The van der Waals surface area contributed by atoms with E-state index >= 15 is 0 Å². The van der Waals surface area contributed by atoms with E-state index in [9.17, 15) is 4.79 Å². The van der Waals surface area contributed by atoms with E-state index in [1.807, 2.05) is 24.3 Å². The highest BCUT2D eigenvalue weighted by Crippen LogP contribution is 2.42. The number of Topliss-reactive ketones (excluding diaryl/α,β-unsaturated/α-hetero) is 1. The summed E-state index contributed by atoms with van der Waals surface area (Å²) in [5.41, 5.74) is 1.87. The first kappa shape index (κ1) is 14.5. The molecule has 0 atom stereocenters. The Morgan fingerprint density at radius 1 is 1.14 bits per heavy atom. The maximum Gasteiger partial charge on any atom is 0.147 e. The van der Waals surface area contributed by atoms with Crippen molar-refractivity contribution in [3.8, 4) is 0 Å². The zero-order chi connectivity index (χ0) is 14.7. The van der Waals surface area contributed by atoms with Crippen LogP contribution in [0.4, 0.5) is 0 Å². The van der Waals surface area contributed by atoms with Gasteiger partial charge in [-0.05, 0) is 46.0 Å². The monoisotopic (exact) mass is 343 g/mol. The van der Waals surface area contributed by atoms with Crippen molar-refractivity contribution < 1.29 is 4.79 Å². The van der Waals surface area contributed by atoms with Gasteiger partial charge in [-0.2, -0.15) is 0 Å². The fourth-order valence-corrected chi connectivity index (χ4v) is 3.78. The van der Waals surface area contributed by atoms with E-state index in [1.54, 1.807) is 12.4 Å². The molecule has 3 rings (SSSR count). The average molecular weight is 344 g/mol. The van der Waals surface area contributed by atoms with E-state index in [2.05, 4.69) is 33.0 Å². The molecule has 3 heteroatoms. The van der Waals surface area contributed by atoms with Crippen molar-refractivity contribution in [3.05, 3.63) is 64.4 Å². The minimum absolute atomic E-state index is 0.288. The van der Waals surface area contributed by atoms with Crippen LogP contribution in [0.5, 0.6) is 0 Å². The number of ketones is 1. The number of hydrogen-bond acceptors (Lipinski definition) is 2. The van der Waals surface area contributed by atoms with Crippen molar-refractivity contribution in [1.29, 1.82) is 0 Å². The molecule has 108 valence electrons. The molecule has 1 aliphatic rings. The predicted octanol–water partition coefficient (Wildman–Crippen LogP) is 4.47. The topological polar surface area (TPSA) is 30.0 Å². The summed E-state index contributed by atoms with van der Waals surface area (Å²) < 4.78 is 0.924. The number of aromatic nitrogens is 1. The first-order valence-electron chi connectivity index (χ1n) is 7.39. The van der Waals surface area contributed by atoms with Crippen LogP contribution in [0.1, 0.15) is 36.8 Å². The largest absolute Gasteiger partial charge is 0.298 e. The third kappa shape index (κ3) is 2.93. The number of carbonyl (C=O) groups excluding carboxylic acids is 1. The molecule has 21 heavy (non-hydrogen) atoms. The van der Waals surface area contributed by atoms with Crippen LogP contribution in [0, 0.1) is 0 Å². The maximum atomic E-state index is 13.0. The quantitative estimate of drug-likeness (QED) is 0.819. The van der Waals surface area contributed by atoms with Crippen LogP contribution in [0.3, 0.4) is 0 Å². The van der Waals surface area contributed by atoms with Crippen LogP contribution in [0.2, 0.25) is 0 Å². The molecule has 1 saturated carbocycles. The molecular formula is C18H18BrNO.